The topological polar surface area (TPSA) is 84.6 Å². The van der Waals surface area contributed by atoms with Crippen LogP contribution in [0, 0.1) is 0 Å². The third kappa shape index (κ3) is 3.53. The number of nitrogens with one attached hydrogen (secondary N) is 1. The van der Waals surface area contributed by atoms with Crippen molar-refractivity contribution in [3.8, 4) is 0 Å². The van der Waals surface area contributed by atoms with Crippen LogP contribution in [0.1, 0.15) is 12.0 Å². The second-order valence-electron chi connectivity index (χ2n) is 5.00. The zero-order valence-electron chi connectivity index (χ0n) is 10.8. The number of ether oxygens (including phenoxy) is 1. The first-order valence-electron chi connectivity index (χ1n) is 6.46. The highest BCUT2D eigenvalue weighted by Gasteiger charge is 2.38. The van der Waals surface area contributed by atoms with Crippen LogP contribution >= 0.6 is 0 Å². The molecule has 0 aliphatic carbocycles. The number of hydrogen-bond donors (Lipinski definition) is 3. The first kappa shape index (κ1) is 14.0. The number of carbonyl (C=O) groups is 1. The number of carbonyl (C=O) groups excluding carboxylic acids is 1. The summed E-state index contributed by atoms with van der Waals surface area (Å²) in [5.41, 5.74) is 6.09. The molecule has 0 bridgehead atoms. The van der Waals surface area contributed by atoms with Gasteiger partial charge in [-0.05, 0) is 18.4 Å². The normalized spacial score (nSPS) is 24.1. The second kappa shape index (κ2) is 6.14. The van der Waals surface area contributed by atoms with E-state index >= 15 is 0 Å². The van der Waals surface area contributed by atoms with Crippen LogP contribution in [0.2, 0.25) is 0 Å². The van der Waals surface area contributed by atoms with Crippen molar-refractivity contribution in [2.75, 3.05) is 19.8 Å². The van der Waals surface area contributed by atoms with Gasteiger partial charge in [-0.15, -0.1) is 0 Å². The first-order chi connectivity index (χ1) is 9.14. The fourth-order valence-electron chi connectivity index (χ4n) is 2.15. The van der Waals surface area contributed by atoms with Crippen LogP contribution < -0.4 is 11.1 Å². The van der Waals surface area contributed by atoms with Gasteiger partial charge in [-0.1, -0.05) is 30.3 Å². The van der Waals surface area contributed by atoms with E-state index in [0.717, 1.165) is 5.56 Å². The van der Waals surface area contributed by atoms with Crippen LogP contribution in [-0.2, 0) is 16.0 Å². The summed E-state index contributed by atoms with van der Waals surface area (Å²) in [6.45, 7) is 0.631. The summed E-state index contributed by atoms with van der Waals surface area (Å²) in [4.78, 5) is 12.1. The maximum Gasteiger partial charge on any atom is 0.242 e. The van der Waals surface area contributed by atoms with Crippen LogP contribution in [0.25, 0.3) is 0 Å². The van der Waals surface area contributed by atoms with Crippen LogP contribution in [0.15, 0.2) is 30.3 Å². The molecular formula is C14H20N2O3. The summed E-state index contributed by atoms with van der Waals surface area (Å²) in [5.74, 6) is -0.250. The van der Waals surface area contributed by atoms with Crippen molar-refractivity contribution >= 4 is 5.91 Å². The lowest BCUT2D eigenvalue weighted by atomic mass is 9.98. The average molecular weight is 264 g/mol. The molecule has 1 amide bonds. The number of hydrogen-bond acceptors (Lipinski definition) is 4. The summed E-state index contributed by atoms with van der Waals surface area (Å²) in [7, 11) is 0. The van der Waals surface area contributed by atoms with Gasteiger partial charge in [-0.25, -0.2) is 0 Å². The Morgan fingerprint density at radius 1 is 1.47 bits per heavy atom. The van der Waals surface area contributed by atoms with Crippen LogP contribution in [0.3, 0.4) is 0 Å². The summed E-state index contributed by atoms with van der Waals surface area (Å²) < 4.78 is 5.17. The van der Waals surface area contributed by atoms with E-state index in [1.807, 2.05) is 30.3 Å². The third-order valence-corrected chi connectivity index (χ3v) is 3.38. The van der Waals surface area contributed by atoms with Crippen molar-refractivity contribution in [2.24, 2.45) is 5.73 Å². The summed E-state index contributed by atoms with van der Waals surface area (Å²) in [6, 6.07) is 9.40. The molecule has 0 saturated carbocycles. The number of rotatable bonds is 5. The van der Waals surface area contributed by atoms with E-state index in [1.165, 1.54) is 0 Å². The number of nitrogens with two attached hydrogens (primary N) is 1. The lowest BCUT2D eigenvalue weighted by molar-refractivity contribution is -0.127. The summed E-state index contributed by atoms with van der Waals surface area (Å²) >= 11 is 0. The quantitative estimate of drug-likeness (QED) is 0.689. The molecule has 2 rings (SSSR count). The van der Waals surface area contributed by atoms with Crippen LogP contribution in [-0.4, -0.2) is 42.4 Å². The Morgan fingerprint density at radius 3 is 2.79 bits per heavy atom. The largest absolute Gasteiger partial charge is 0.394 e. The van der Waals surface area contributed by atoms with E-state index in [4.69, 9.17) is 10.5 Å². The minimum atomic E-state index is -0.954. The molecule has 5 nitrogen and oxygen atoms in total. The highest BCUT2D eigenvalue weighted by Crippen LogP contribution is 2.16. The minimum absolute atomic E-state index is 0.114. The highest BCUT2D eigenvalue weighted by atomic mass is 16.5. The predicted molar refractivity (Wildman–Crippen MR) is 71.5 cm³/mol. The zero-order chi connectivity index (χ0) is 13.7. The van der Waals surface area contributed by atoms with E-state index < -0.39 is 5.54 Å². The second-order valence-corrected chi connectivity index (χ2v) is 5.00. The monoisotopic (exact) mass is 264 g/mol. The molecule has 1 aliphatic rings. The molecule has 1 fully saturated rings. The van der Waals surface area contributed by atoms with E-state index in [9.17, 15) is 9.90 Å². The fourth-order valence-corrected chi connectivity index (χ4v) is 2.15. The summed E-state index contributed by atoms with van der Waals surface area (Å²) in [5, 5.41) is 12.2. The lowest BCUT2D eigenvalue weighted by Crippen LogP contribution is -2.57. The molecule has 1 saturated heterocycles. The predicted octanol–water partition coefficient (Wildman–Crippen LogP) is -0.176. The molecule has 0 spiro atoms. The van der Waals surface area contributed by atoms with Gasteiger partial charge in [0.25, 0.3) is 0 Å². The molecule has 5 heteroatoms. The smallest absolute Gasteiger partial charge is 0.242 e. The Hall–Kier alpha value is -1.43. The Labute approximate surface area is 112 Å². The third-order valence-electron chi connectivity index (χ3n) is 3.38. The number of amides is 1. The molecular weight excluding hydrogens is 244 g/mol. The number of aliphatic hydroxyl groups excluding tert-OH is 1. The van der Waals surface area contributed by atoms with Crippen molar-refractivity contribution in [3.63, 3.8) is 0 Å². The van der Waals surface area contributed by atoms with Gasteiger partial charge in [-0.2, -0.15) is 0 Å². The van der Waals surface area contributed by atoms with Gasteiger partial charge >= 0.3 is 0 Å². The summed E-state index contributed by atoms with van der Waals surface area (Å²) in [6.07, 6.45) is 1.10. The minimum Gasteiger partial charge on any atom is -0.394 e. The average Bonchev–Trinajstić information content (AvgIpc) is 2.87. The Balaban J connectivity index is 1.94. The number of benzene rings is 1. The van der Waals surface area contributed by atoms with Crippen molar-refractivity contribution in [3.05, 3.63) is 35.9 Å². The van der Waals surface area contributed by atoms with E-state index in [0.29, 0.717) is 19.4 Å². The van der Waals surface area contributed by atoms with Gasteiger partial charge in [0, 0.05) is 6.61 Å². The molecule has 2 atom stereocenters. The van der Waals surface area contributed by atoms with Gasteiger partial charge in [0.05, 0.1) is 19.3 Å². The molecule has 4 N–H and O–H groups in total. The molecule has 1 aromatic carbocycles. The maximum atomic E-state index is 12.1. The van der Waals surface area contributed by atoms with Gasteiger partial charge in [-0.3, -0.25) is 4.79 Å². The van der Waals surface area contributed by atoms with Crippen LogP contribution in [0.5, 0.6) is 0 Å². The van der Waals surface area contributed by atoms with Gasteiger partial charge in [0.2, 0.25) is 5.91 Å². The maximum absolute atomic E-state index is 12.1. The standard InChI is InChI=1S/C14H20N2O3/c15-14(6-7-19-10-14)13(18)16-12(9-17)8-11-4-2-1-3-5-11/h1-5,12,17H,6-10,15H2,(H,16,18)/t12-,14?/m1/s1. The van der Waals surface area contributed by atoms with Gasteiger partial charge in [0.15, 0.2) is 0 Å². The Bertz CT molecular complexity index is 416. The van der Waals surface area contributed by atoms with Crippen molar-refractivity contribution in [1.82, 2.24) is 5.32 Å². The Kier molecular flexibility index (Phi) is 4.52. The first-order valence-corrected chi connectivity index (χ1v) is 6.46. The molecule has 0 radical (unpaired) electrons. The highest BCUT2D eigenvalue weighted by molar-refractivity contribution is 5.86. The molecule has 104 valence electrons. The van der Waals surface area contributed by atoms with Crippen LogP contribution in [0.4, 0.5) is 0 Å². The Morgan fingerprint density at radius 2 is 2.21 bits per heavy atom. The van der Waals surface area contributed by atoms with E-state index in [2.05, 4.69) is 5.32 Å². The van der Waals surface area contributed by atoms with E-state index in [1.54, 1.807) is 0 Å². The van der Waals surface area contributed by atoms with Crippen molar-refractivity contribution in [2.45, 2.75) is 24.4 Å². The van der Waals surface area contributed by atoms with Gasteiger partial charge < -0.3 is 20.9 Å². The molecule has 19 heavy (non-hydrogen) atoms. The van der Waals surface area contributed by atoms with Crippen molar-refractivity contribution in [1.29, 1.82) is 0 Å². The molecule has 1 aliphatic heterocycles. The van der Waals surface area contributed by atoms with E-state index in [-0.39, 0.29) is 25.2 Å². The van der Waals surface area contributed by atoms with Crippen molar-refractivity contribution < 1.29 is 14.6 Å². The van der Waals surface area contributed by atoms with Gasteiger partial charge in [0.1, 0.15) is 5.54 Å². The molecule has 1 unspecified atom stereocenters. The molecule has 1 heterocycles. The lowest BCUT2D eigenvalue weighted by Gasteiger charge is -2.24. The molecule has 1 aromatic rings. The SMILES string of the molecule is NC1(C(=O)N[C@@H](CO)Cc2ccccc2)CCOC1. The zero-order valence-corrected chi connectivity index (χ0v) is 10.8. The number of aliphatic hydroxyl groups is 1. The molecule has 0 aromatic heterocycles. The fraction of sp³-hybridized carbons (Fsp3) is 0.500.